The van der Waals surface area contributed by atoms with E-state index >= 15 is 0 Å². The third kappa shape index (κ3) is 3.06. The number of carbonyl (C=O) groups is 1. The summed E-state index contributed by atoms with van der Waals surface area (Å²) >= 11 is 9.08. The lowest BCUT2D eigenvalue weighted by molar-refractivity contribution is -0.384. The van der Waals surface area contributed by atoms with Crippen molar-refractivity contribution >= 4 is 55.8 Å². The normalized spacial score (nSPS) is 10.7. The number of nitro groups is 1. The van der Waals surface area contributed by atoms with Crippen LogP contribution in [0.1, 0.15) is 10.6 Å². The van der Waals surface area contributed by atoms with Crippen molar-refractivity contribution in [3.63, 3.8) is 0 Å². The average molecular weight is 396 g/mol. The van der Waals surface area contributed by atoms with E-state index in [2.05, 4.69) is 21.2 Å². The van der Waals surface area contributed by atoms with E-state index < -0.39 is 10.8 Å². The number of hydrogen-bond donors (Lipinski definition) is 1. The monoisotopic (exact) mass is 394 g/mol. The van der Waals surface area contributed by atoms with Crippen LogP contribution in [0.5, 0.6) is 0 Å². The summed E-state index contributed by atoms with van der Waals surface area (Å²) in [6, 6.07) is 11.1. The van der Waals surface area contributed by atoms with Gasteiger partial charge in [0.1, 0.15) is 10.6 Å². The number of nitro benzene ring substituents is 1. The predicted octanol–water partition coefficient (Wildman–Crippen LogP) is 5.01. The summed E-state index contributed by atoms with van der Waals surface area (Å²) in [6.45, 7) is 0. The fraction of sp³-hybridized carbons (Fsp3) is 0. The van der Waals surface area contributed by atoms with Crippen molar-refractivity contribution in [3.8, 4) is 0 Å². The first kappa shape index (κ1) is 15.5. The molecule has 23 heavy (non-hydrogen) atoms. The Bertz CT molecular complexity index is 938. The van der Waals surface area contributed by atoms with Gasteiger partial charge in [-0.05, 0) is 40.2 Å². The number of anilines is 1. The molecular weight excluding hydrogens is 388 g/mol. The Hall–Kier alpha value is -2.38. The first-order valence-corrected chi connectivity index (χ1v) is 7.56. The van der Waals surface area contributed by atoms with Gasteiger partial charge in [-0.2, -0.15) is 0 Å². The van der Waals surface area contributed by atoms with Crippen molar-refractivity contribution in [1.82, 2.24) is 0 Å². The largest absolute Gasteiger partial charge is 0.450 e. The van der Waals surface area contributed by atoms with Gasteiger partial charge in [-0.25, -0.2) is 0 Å². The molecule has 8 heteroatoms. The van der Waals surface area contributed by atoms with Crippen LogP contribution in [0.15, 0.2) is 51.4 Å². The van der Waals surface area contributed by atoms with Gasteiger partial charge in [0.15, 0.2) is 5.76 Å². The molecule has 0 bridgehead atoms. The third-order valence-electron chi connectivity index (χ3n) is 3.12. The van der Waals surface area contributed by atoms with Gasteiger partial charge in [-0.15, -0.1) is 0 Å². The molecule has 0 aliphatic heterocycles. The standard InChI is InChI=1S/C15H8BrClN2O4/c16-10-3-1-2-8-6-13(23-14(8)10)15(20)18-9-4-5-11(17)12(7-9)19(21)22/h1-7H,(H,18,20). The van der Waals surface area contributed by atoms with Gasteiger partial charge in [-0.3, -0.25) is 14.9 Å². The zero-order chi connectivity index (χ0) is 16.6. The number of nitrogens with zero attached hydrogens (tertiary/aromatic N) is 1. The van der Waals surface area contributed by atoms with E-state index in [-0.39, 0.29) is 22.2 Å². The molecule has 1 amide bonds. The molecule has 2 aromatic carbocycles. The molecule has 0 atom stereocenters. The number of hydrogen-bond acceptors (Lipinski definition) is 4. The van der Waals surface area contributed by atoms with Crippen LogP contribution in [0.3, 0.4) is 0 Å². The van der Waals surface area contributed by atoms with Crippen LogP contribution < -0.4 is 5.32 Å². The molecule has 0 saturated carbocycles. The van der Waals surface area contributed by atoms with Crippen LogP contribution in [0, 0.1) is 10.1 Å². The van der Waals surface area contributed by atoms with E-state index in [0.717, 1.165) is 9.86 Å². The topological polar surface area (TPSA) is 85.4 Å². The van der Waals surface area contributed by atoms with E-state index in [4.69, 9.17) is 16.0 Å². The maximum atomic E-state index is 12.2. The van der Waals surface area contributed by atoms with Crippen molar-refractivity contribution < 1.29 is 14.1 Å². The second-order valence-electron chi connectivity index (χ2n) is 4.65. The lowest BCUT2D eigenvalue weighted by Crippen LogP contribution is -2.11. The highest BCUT2D eigenvalue weighted by molar-refractivity contribution is 9.10. The zero-order valence-corrected chi connectivity index (χ0v) is 13.7. The number of benzene rings is 2. The maximum Gasteiger partial charge on any atom is 0.291 e. The number of amides is 1. The van der Waals surface area contributed by atoms with E-state index in [1.165, 1.54) is 18.2 Å². The number of nitrogens with one attached hydrogen (secondary N) is 1. The SMILES string of the molecule is O=C(Nc1ccc(Cl)c([N+](=O)[O-])c1)c1cc2cccc(Br)c2o1. The van der Waals surface area contributed by atoms with Crippen LogP contribution in [-0.2, 0) is 0 Å². The summed E-state index contributed by atoms with van der Waals surface area (Å²) in [5.41, 5.74) is 0.530. The number of para-hydroxylation sites is 1. The highest BCUT2D eigenvalue weighted by Gasteiger charge is 2.17. The van der Waals surface area contributed by atoms with Gasteiger partial charge >= 0.3 is 0 Å². The molecule has 0 aliphatic rings. The van der Waals surface area contributed by atoms with Crippen LogP contribution in [-0.4, -0.2) is 10.8 Å². The van der Waals surface area contributed by atoms with Gasteiger partial charge in [0.2, 0.25) is 0 Å². The van der Waals surface area contributed by atoms with Crippen molar-refractivity contribution in [2.75, 3.05) is 5.32 Å². The smallest absolute Gasteiger partial charge is 0.291 e. The van der Waals surface area contributed by atoms with Gasteiger partial charge < -0.3 is 9.73 Å². The van der Waals surface area contributed by atoms with E-state index in [9.17, 15) is 14.9 Å². The summed E-state index contributed by atoms with van der Waals surface area (Å²) in [6.07, 6.45) is 0. The lowest BCUT2D eigenvalue weighted by Gasteiger charge is -2.03. The number of halogens is 2. The predicted molar refractivity (Wildman–Crippen MR) is 90.0 cm³/mol. The molecule has 3 rings (SSSR count). The summed E-state index contributed by atoms with van der Waals surface area (Å²) in [5.74, 6) is -0.408. The van der Waals surface area contributed by atoms with Gasteiger partial charge in [-0.1, -0.05) is 23.7 Å². The number of carbonyl (C=O) groups excluding carboxylic acids is 1. The summed E-state index contributed by atoms with van der Waals surface area (Å²) in [7, 11) is 0. The minimum atomic E-state index is -0.615. The third-order valence-corrected chi connectivity index (χ3v) is 4.06. The first-order chi connectivity index (χ1) is 11.0. The second-order valence-corrected chi connectivity index (χ2v) is 5.91. The Kier molecular flexibility index (Phi) is 4.06. The minimum Gasteiger partial charge on any atom is -0.450 e. The quantitative estimate of drug-likeness (QED) is 0.499. The number of fused-ring (bicyclic) bond motifs is 1. The summed E-state index contributed by atoms with van der Waals surface area (Å²) in [4.78, 5) is 22.5. The Balaban J connectivity index is 1.90. The average Bonchev–Trinajstić information content (AvgIpc) is 2.94. The van der Waals surface area contributed by atoms with Crippen LogP contribution in [0.4, 0.5) is 11.4 Å². The molecule has 0 fully saturated rings. The Morgan fingerprint density at radius 2 is 2.04 bits per heavy atom. The fourth-order valence-corrected chi connectivity index (χ4v) is 2.71. The molecule has 0 aliphatic carbocycles. The van der Waals surface area contributed by atoms with Gasteiger partial charge in [0, 0.05) is 17.1 Å². The van der Waals surface area contributed by atoms with E-state index in [1.807, 2.05) is 12.1 Å². The first-order valence-electron chi connectivity index (χ1n) is 6.39. The van der Waals surface area contributed by atoms with Crippen molar-refractivity contribution in [1.29, 1.82) is 0 Å². The molecule has 1 aromatic heterocycles. The molecule has 6 nitrogen and oxygen atoms in total. The van der Waals surface area contributed by atoms with Crippen LogP contribution in [0.25, 0.3) is 11.0 Å². The highest BCUT2D eigenvalue weighted by atomic mass is 79.9. The van der Waals surface area contributed by atoms with Gasteiger partial charge in [0.25, 0.3) is 11.6 Å². The minimum absolute atomic E-state index is 0.000617. The molecule has 1 heterocycles. The maximum absolute atomic E-state index is 12.2. The molecule has 116 valence electrons. The van der Waals surface area contributed by atoms with Crippen molar-refractivity contribution in [2.24, 2.45) is 0 Å². The van der Waals surface area contributed by atoms with Crippen LogP contribution in [0.2, 0.25) is 5.02 Å². The molecule has 0 saturated heterocycles. The van der Waals surface area contributed by atoms with Gasteiger partial charge in [0.05, 0.1) is 9.40 Å². The molecule has 0 spiro atoms. The van der Waals surface area contributed by atoms with E-state index in [1.54, 1.807) is 12.1 Å². The van der Waals surface area contributed by atoms with Crippen LogP contribution >= 0.6 is 27.5 Å². The lowest BCUT2D eigenvalue weighted by atomic mass is 10.2. The summed E-state index contributed by atoms with van der Waals surface area (Å²) in [5, 5.41) is 14.2. The Morgan fingerprint density at radius 3 is 2.74 bits per heavy atom. The van der Waals surface area contributed by atoms with Crippen molar-refractivity contribution in [2.45, 2.75) is 0 Å². The Morgan fingerprint density at radius 1 is 1.26 bits per heavy atom. The van der Waals surface area contributed by atoms with E-state index in [0.29, 0.717) is 5.58 Å². The second kappa shape index (κ2) is 6.02. The highest BCUT2D eigenvalue weighted by Crippen LogP contribution is 2.29. The molecular formula is C15H8BrClN2O4. The summed E-state index contributed by atoms with van der Waals surface area (Å²) < 4.78 is 6.25. The molecule has 3 aromatic rings. The fourth-order valence-electron chi connectivity index (χ4n) is 2.06. The zero-order valence-electron chi connectivity index (χ0n) is 11.4. The van der Waals surface area contributed by atoms with Crippen molar-refractivity contribution in [3.05, 3.63) is 67.8 Å². The number of rotatable bonds is 3. The molecule has 1 N–H and O–H groups in total. The Labute approximate surface area is 143 Å². The number of furan rings is 1. The molecule has 0 radical (unpaired) electrons. The molecule has 0 unspecified atom stereocenters.